The minimum absolute atomic E-state index is 0.0452. The van der Waals surface area contributed by atoms with Crippen molar-refractivity contribution in [2.24, 2.45) is 0 Å². The van der Waals surface area contributed by atoms with Gasteiger partial charge in [0.05, 0.1) is 11.6 Å². The molecule has 3 heterocycles. The lowest BCUT2D eigenvalue weighted by atomic mass is 9.85. The summed E-state index contributed by atoms with van der Waals surface area (Å²) in [5.41, 5.74) is 2.27. The third-order valence-electron chi connectivity index (χ3n) is 5.59. The van der Waals surface area contributed by atoms with Crippen LogP contribution in [0.2, 0.25) is 0 Å². The third-order valence-corrected chi connectivity index (χ3v) is 5.59. The molecule has 6 heteroatoms. The molecule has 2 aromatic rings. The third kappa shape index (κ3) is 3.32. The van der Waals surface area contributed by atoms with Crippen molar-refractivity contribution in [3.63, 3.8) is 0 Å². The normalized spacial score (nSPS) is 21.3. The molecule has 0 spiro atoms. The van der Waals surface area contributed by atoms with Gasteiger partial charge in [-0.25, -0.2) is 0 Å². The van der Waals surface area contributed by atoms with E-state index in [0.29, 0.717) is 37.3 Å². The van der Waals surface area contributed by atoms with E-state index in [1.54, 1.807) is 11.1 Å². The number of benzene rings is 1. The molecule has 0 unspecified atom stereocenters. The van der Waals surface area contributed by atoms with Crippen molar-refractivity contribution in [3.05, 3.63) is 59.4 Å². The number of aromatic nitrogens is 1. The Morgan fingerprint density at radius 3 is 2.67 bits per heavy atom. The maximum absolute atomic E-state index is 13.1. The molecule has 27 heavy (non-hydrogen) atoms. The minimum Gasteiger partial charge on any atom is -0.383 e. The summed E-state index contributed by atoms with van der Waals surface area (Å²) in [6, 6.07) is 11.2. The van der Waals surface area contributed by atoms with Gasteiger partial charge in [-0.2, -0.15) is 0 Å². The summed E-state index contributed by atoms with van der Waals surface area (Å²) in [5.74, 6) is -0.640. The molecule has 1 aromatic carbocycles. The molecule has 2 N–H and O–H groups in total. The Labute approximate surface area is 158 Å². The number of rotatable bonds is 2. The van der Waals surface area contributed by atoms with Gasteiger partial charge in [-0.3, -0.25) is 14.6 Å². The molecule has 0 saturated carbocycles. The number of pyridine rings is 1. The Morgan fingerprint density at radius 2 is 1.96 bits per heavy atom. The molecule has 0 aliphatic carbocycles. The Kier molecular flexibility index (Phi) is 4.44. The minimum atomic E-state index is -1.01. The van der Waals surface area contributed by atoms with Gasteiger partial charge in [-0.1, -0.05) is 24.3 Å². The number of amides is 2. The van der Waals surface area contributed by atoms with Gasteiger partial charge in [0.2, 0.25) is 11.8 Å². The van der Waals surface area contributed by atoms with Gasteiger partial charge in [0.15, 0.2) is 0 Å². The average molecular weight is 365 g/mol. The quantitative estimate of drug-likeness (QED) is 0.856. The van der Waals surface area contributed by atoms with E-state index >= 15 is 0 Å². The zero-order valence-electron chi connectivity index (χ0n) is 15.3. The van der Waals surface area contributed by atoms with Gasteiger partial charge >= 0.3 is 0 Å². The second-order valence-electron chi connectivity index (χ2n) is 7.47. The van der Waals surface area contributed by atoms with Gasteiger partial charge in [-0.15, -0.1) is 0 Å². The van der Waals surface area contributed by atoms with Crippen LogP contribution in [-0.2, 0) is 15.2 Å². The van der Waals surface area contributed by atoms with Gasteiger partial charge in [-0.05, 0) is 43.0 Å². The van der Waals surface area contributed by atoms with E-state index in [1.807, 2.05) is 43.3 Å². The zero-order chi connectivity index (χ0) is 19.0. The number of carbonyl (C=O) groups is 2. The predicted octanol–water partition coefficient (Wildman–Crippen LogP) is 2.33. The molecule has 1 saturated heterocycles. The number of hydrogen-bond acceptors (Lipinski definition) is 4. The first kappa shape index (κ1) is 17.7. The molecular weight excluding hydrogens is 342 g/mol. The lowest BCUT2D eigenvalue weighted by molar-refractivity contribution is -0.139. The SMILES string of the molecule is Cc1ccc(C2(O)CCN(C(=O)[C@@H]3CC(=O)Nc4ccccc43)CC2)nc1. The smallest absolute Gasteiger partial charge is 0.230 e. The molecule has 2 aliphatic heterocycles. The number of aryl methyl sites for hydroxylation is 1. The number of para-hydroxylation sites is 1. The molecular formula is C21H23N3O3. The number of hydrogen-bond donors (Lipinski definition) is 2. The topological polar surface area (TPSA) is 82.5 Å². The highest BCUT2D eigenvalue weighted by Crippen LogP contribution is 2.36. The second kappa shape index (κ2) is 6.78. The summed E-state index contributed by atoms with van der Waals surface area (Å²) in [4.78, 5) is 31.2. The molecule has 2 aliphatic rings. The van der Waals surface area contributed by atoms with Crippen molar-refractivity contribution in [2.75, 3.05) is 18.4 Å². The lowest BCUT2D eigenvalue weighted by Crippen LogP contribution is -2.47. The van der Waals surface area contributed by atoms with Crippen LogP contribution in [-0.4, -0.2) is 39.9 Å². The van der Waals surface area contributed by atoms with Crippen molar-refractivity contribution < 1.29 is 14.7 Å². The number of aliphatic hydroxyl groups is 1. The van der Waals surface area contributed by atoms with Crippen molar-refractivity contribution in [1.29, 1.82) is 0 Å². The number of nitrogens with one attached hydrogen (secondary N) is 1. The maximum atomic E-state index is 13.1. The molecule has 1 atom stereocenters. The van der Waals surface area contributed by atoms with Gasteiger partial charge in [0.25, 0.3) is 0 Å². The largest absolute Gasteiger partial charge is 0.383 e. The van der Waals surface area contributed by atoms with Crippen LogP contribution in [0.15, 0.2) is 42.6 Å². The number of fused-ring (bicyclic) bond motifs is 1. The van der Waals surface area contributed by atoms with Gasteiger partial charge < -0.3 is 15.3 Å². The van der Waals surface area contributed by atoms with Gasteiger partial charge in [0, 0.05) is 31.4 Å². The zero-order valence-corrected chi connectivity index (χ0v) is 15.3. The second-order valence-corrected chi connectivity index (χ2v) is 7.47. The molecule has 140 valence electrons. The van der Waals surface area contributed by atoms with Crippen LogP contribution in [0, 0.1) is 6.92 Å². The summed E-state index contributed by atoms with van der Waals surface area (Å²) in [7, 11) is 0. The summed E-state index contributed by atoms with van der Waals surface area (Å²) in [6.07, 6.45) is 2.79. The van der Waals surface area contributed by atoms with Crippen molar-refractivity contribution in [1.82, 2.24) is 9.88 Å². The monoisotopic (exact) mass is 365 g/mol. The van der Waals surface area contributed by atoms with Gasteiger partial charge in [0.1, 0.15) is 5.60 Å². The molecule has 0 radical (unpaired) electrons. The van der Waals surface area contributed by atoms with Crippen LogP contribution in [0.4, 0.5) is 5.69 Å². The fraction of sp³-hybridized carbons (Fsp3) is 0.381. The number of anilines is 1. The van der Waals surface area contributed by atoms with E-state index in [9.17, 15) is 14.7 Å². The van der Waals surface area contributed by atoms with Crippen molar-refractivity contribution in [3.8, 4) is 0 Å². The fourth-order valence-electron chi connectivity index (χ4n) is 3.95. The highest BCUT2D eigenvalue weighted by atomic mass is 16.3. The first-order valence-corrected chi connectivity index (χ1v) is 9.29. The molecule has 1 aromatic heterocycles. The lowest BCUT2D eigenvalue weighted by Gasteiger charge is -2.39. The van der Waals surface area contributed by atoms with Crippen LogP contribution < -0.4 is 5.32 Å². The van der Waals surface area contributed by atoms with E-state index in [-0.39, 0.29) is 18.2 Å². The highest BCUT2D eigenvalue weighted by molar-refractivity contribution is 6.01. The molecule has 6 nitrogen and oxygen atoms in total. The number of piperidine rings is 1. The van der Waals surface area contributed by atoms with E-state index < -0.39 is 11.5 Å². The highest BCUT2D eigenvalue weighted by Gasteiger charge is 2.39. The number of nitrogens with zero attached hydrogens (tertiary/aromatic N) is 2. The van der Waals surface area contributed by atoms with Crippen molar-refractivity contribution in [2.45, 2.75) is 37.7 Å². The molecule has 2 amide bonds. The van der Waals surface area contributed by atoms with E-state index in [4.69, 9.17) is 0 Å². The Bertz CT molecular complexity index is 870. The molecule has 0 bridgehead atoms. The van der Waals surface area contributed by atoms with Crippen molar-refractivity contribution >= 4 is 17.5 Å². The maximum Gasteiger partial charge on any atom is 0.230 e. The summed E-state index contributed by atoms with van der Waals surface area (Å²) in [6.45, 7) is 2.86. The number of likely N-dealkylation sites (tertiary alicyclic amines) is 1. The standard InChI is InChI=1S/C21H23N3O3/c1-14-6-7-18(22-13-14)21(27)8-10-24(11-9-21)20(26)16-12-19(25)23-17-5-3-2-4-15(16)17/h2-7,13,16,27H,8-12H2,1H3,(H,23,25)/t16-/m1/s1. The number of carbonyl (C=O) groups excluding carboxylic acids is 2. The summed E-state index contributed by atoms with van der Waals surface area (Å²) < 4.78 is 0. The van der Waals surface area contributed by atoms with Crippen LogP contribution in [0.25, 0.3) is 0 Å². The van der Waals surface area contributed by atoms with E-state index in [2.05, 4.69) is 10.3 Å². The summed E-state index contributed by atoms with van der Waals surface area (Å²) >= 11 is 0. The Morgan fingerprint density at radius 1 is 1.22 bits per heavy atom. The first-order valence-electron chi connectivity index (χ1n) is 9.29. The molecule has 1 fully saturated rings. The van der Waals surface area contributed by atoms with Crippen LogP contribution in [0.1, 0.15) is 42.0 Å². The van der Waals surface area contributed by atoms with Crippen LogP contribution in [0.3, 0.4) is 0 Å². The van der Waals surface area contributed by atoms with E-state index in [0.717, 1.165) is 11.1 Å². The Balaban J connectivity index is 1.49. The van der Waals surface area contributed by atoms with Crippen LogP contribution in [0.5, 0.6) is 0 Å². The first-order chi connectivity index (χ1) is 13.0. The Hall–Kier alpha value is -2.73. The predicted molar refractivity (Wildman–Crippen MR) is 101 cm³/mol. The van der Waals surface area contributed by atoms with Crippen LogP contribution >= 0.6 is 0 Å². The molecule has 4 rings (SSSR count). The fourth-order valence-corrected chi connectivity index (χ4v) is 3.95. The summed E-state index contributed by atoms with van der Waals surface area (Å²) in [5, 5.41) is 13.8. The van der Waals surface area contributed by atoms with E-state index in [1.165, 1.54) is 0 Å². The average Bonchev–Trinajstić information content (AvgIpc) is 2.68.